The van der Waals surface area contributed by atoms with E-state index in [0.29, 0.717) is 116 Å². The van der Waals surface area contributed by atoms with Gasteiger partial charge in [-0.05, 0) is 165 Å². The van der Waals surface area contributed by atoms with Crippen LogP contribution < -0.4 is 0 Å². The molecule has 0 heterocycles. The highest BCUT2D eigenvalue weighted by Gasteiger charge is 2.42. The van der Waals surface area contributed by atoms with Gasteiger partial charge in [-0.1, -0.05) is 85.0 Å². The maximum atomic E-state index is 12.9. The number of rotatable bonds is 37. The van der Waals surface area contributed by atoms with Crippen LogP contribution in [0.1, 0.15) is 142 Å². The highest BCUT2D eigenvalue weighted by atomic mass is 16.7. The monoisotopic (exact) mass is 1070 g/mol. The maximum absolute atomic E-state index is 12.9. The average Bonchev–Trinajstić information content (AvgIpc) is 3.82. The molecule has 426 valence electrons. The molecular weight excluding hydrogens is 977 g/mol. The van der Waals surface area contributed by atoms with Gasteiger partial charge in [0.15, 0.2) is 0 Å². The van der Waals surface area contributed by atoms with Gasteiger partial charge in [0.25, 0.3) is 0 Å². The molecule has 2 saturated carbocycles. The van der Waals surface area contributed by atoms with Crippen molar-refractivity contribution < 1.29 is 77.5 Å². The predicted molar refractivity (Wildman–Crippen MR) is 287 cm³/mol. The molecule has 0 aliphatic heterocycles. The van der Waals surface area contributed by atoms with Crippen molar-refractivity contribution in [2.75, 3.05) is 39.6 Å². The Balaban J connectivity index is 1.13. The summed E-state index contributed by atoms with van der Waals surface area (Å²) in [6.45, 7) is 7.84. The summed E-state index contributed by atoms with van der Waals surface area (Å²) in [6, 6.07) is 19.8. The van der Waals surface area contributed by atoms with Gasteiger partial charge in [0.05, 0.1) is 63.1 Å². The Morgan fingerprint density at radius 2 is 0.855 bits per heavy atom. The number of unbranched alkanes of at least 4 members (excludes halogenated alkanes) is 2. The van der Waals surface area contributed by atoms with Crippen molar-refractivity contribution >= 4 is 24.2 Å². The molecule has 0 amide bonds. The number of hydrogen-bond acceptors (Lipinski definition) is 16. The molecule has 4 rings (SSSR count). The largest absolute Gasteiger partial charge is 0.508 e. The number of aliphatic hydroxyl groups is 4. The van der Waals surface area contributed by atoms with Crippen LogP contribution in [0.2, 0.25) is 0 Å². The number of carbonyl (C=O) groups is 4. The molecule has 2 aliphatic rings. The van der Waals surface area contributed by atoms with E-state index in [4.69, 9.17) is 37.9 Å². The highest BCUT2D eigenvalue weighted by molar-refractivity contribution is 5.69. The zero-order chi connectivity index (χ0) is 54.9. The van der Waals surface area contributed by atoms with Crippen molar-refractivity contribution in [3.05, 3.63) is 96.1 Å². The lowest BCUT2D eigenvalue weighted by atomic mass is 9.85. The van der Waals surface area contributed by atoms with Crippen LogP contribution in [0, 0.1) is 23.7 Å². The van der Waals surface area contributed by atoms with Gasteiger partial charge in [0.1, 0.15) is 25.4 Å². The zero-order valence-corrected chi connectivity index (χ0v) is 45.7. The minimum absolute atomic E-state index is 0.0389. The first-order valence-electron chi connectivity index (χ1n) is 28.0. The van der Waals surface area contributed by atoms with Gasteiger partial charge in [-0.3, -0.25) is 9.59 Å². The van der Waals surface area contributed by atoms with Gasteiger partial charge < -0.3 is 58.3 Å². The molecule has 0 saturated heterocycles. The summed E-state index contributed by atoms with van der Waals surface area (Å²) in [5.74, 6) is -1.07. The summed E-state index contributed by atoms with van der Waals surface area (Å²) in [6.07, 6.45) is 12.3. The Morgan fingerprint density at radius 3 is 1.24 bits per heavy atom. The highest BCUT2D eigenvalue weighted by Crippen LogP contribution is 2.40. The second-order valence-electron chi connectivity index (χ2n) is 20.8. The molecule has 2 aromatic carbocycles. The Labute approximate surface area is 451 Å². The molecule has 2 fully saturated rings. The summed E-state index contributed by atoms with van der Waals surface area (Å²) in [5.41, 5.74) is 2.21. The first-order valence-corrected chi connectivity index (χ1v) is 28.0. The van der Waals surface area contributed by atoms with Gasteiger partial charge in [0.2, 0.25) is 0 Å². The number of hydrogen-bond donors (Lipinski definition) is 4. The second kappa shape index (κ2) is 37.1. The van der Waals surface area contributed by atoms with Crippen LogP contribution in [0.3, 0.4) is 0 Å². The third-order valence-electron chi connectivity index (χ3n) is 14.1. The molecule has 16 heteroatoms. The SMILES string of the molecule is CC(C)OC(=O)CCC/C=C\C[C@@H]1[C@@H](CC[C@H](CCc2ccccc2)OC(=O)OCCOCCOCCOC(=O)O[C@@H](CCc2ccccc2)CC[C@@H]2[C@@H](C/C=C\CCCC(=O)OC(C)C)[C@@H](O)C[C@H]2O)[C@H](O)C[C@@H]1O. The van der Waals surface area contributed by atoms with E-state index in [2.05, 4.69) is 0 Å². The van der Waals surface area contributed by atoms with Crippen LogP contribution >= 0.6 is 0 Å². The number of esters is 2. The molecule has 16 nitrogen and oxygen atoms in total. The van der Waals surface area contributed by atoms with Crippen molar-refractivity contribution in [2.24, 2.45) is 23.7 Å². The van der Waals surface area contributed by atoms with Crippen LogP contribution in [-0.4, -0.2) is 133 Å². The van der Waals surface area contributed by atoms with E-state index in [1.165, 1.54) is 0 Å². The van der Waals surface area contributed by atoms with Crippen molar-refractivity contribution in [3.63, 3.8) is 0 Å². The first kappa shape index (κ1) is 63.7. The lowest BCUT2D eigenvalue weighted by Gasteiger charge is -2.25. The smallest absolute Gasteiger partial charge is 0.463 e. The Kier molecular flexibility index (Phi) is 31.1. The van der Waals surface area contributed by atoms with Crippen LogP contribution in [0.4, 0.5) is 9.59 Å². The molecule has 0 radical (unpaired) electrons. The van der Waals surface area contributed by atoms with Crippen molar-refractivity contribution in [3.8, 4) is 0 Å². The van der Waals surface area contributed by atoms with E-state index in [1.54, 1.807) is 0 Å². The van der Waals surface area contributed by atoms with E-state index < -0.39 is 48.9 Å². The molecular formula is C60H90O16. The topological polar surface area (TPSA) is 223 Å². The molecule has 10 atom stereocenters. The standard InChI is InChI=1S/C60H90O16/c1-43(2)73-57(65)25-17-7-5-15-23-49-51(55(63)41-53(49)61)33-31-47(29-27-45-19-11-9-12-20-45)75-59(67)71-39-37-69-35-36-70-38-40-72-60(68)76-48(30-28-46-21-13-10-14-22-46)32-34-52-50(54(62)42-56(52)64)24-16-6-8-18-26-58(66)74-44(3)4/h5-6,9-16,19-22,43-44,47-56,61-64H,7-8,17-18,23-42H2,1-4H3/b15-5-,16-6-/t47-,48-,49+,50+,51+,52+,53-,54-,55+,56+/m0/s1. The number of benzene rings is 2. The molecule has 0 unspecified atom stereocenters. The minimum atomic E-state index is -0.813. The number of aryl methyl sites for hydroxylation is 2. The fourth-order valence-corrected chi connectivity index (χ4v) is 10.2. The van der Waals surface area contributed by atoms with Gasteiger partial charge in [-0.25, -0.2) is 9.59 Å². The Hall–Kier alpha value is -4.84. The van der Waals surface area contributed by atoms with Gasteiger partial charge in [0, 0.05) is 12.8 Å². The van der Waals surface area contributed by atoms with Crippen LogP contribution in [0.5, 0.6) is 0 Å². The second-order valence-corrected chi connectivity index (χ2v) is 20.8. The molecule has 2 aliphatic carbocycles. The number of aliphatic hydroxyl groups excluding tert-OH is 4. The fourth-order valence-electron chi connectivity index (χ4n) is 10.2. The summed E-state index contributed by atoms with van der Waals surface area (Å²) >= 11 is 0. The summed E-state index contributed by atoms with van der Waals surface area (Å²) in [4.78, 5) is 49.5. The van der Waals surface area contributed by atoms with Gasteiger partial charge in [-0.15, -0.1) is 0 Å². The molecule has 0 aromatic heterocycles. The number of allylic oxidation sites excluding steroid dienone is 4. The number of carbonyl (C=O) groups excluding carboxylic acids is 4. The first-order chi connectivity index (χ1) is 36.7. The maximum Gasteiger partial charge on any atom is 0.508 e. The van der Waals surface area contributed by atoms with E-state index in [1.807, 2.05) is 113 Å². The average molecular weight is 1070 g/mol. The Bertz CT molecular complexity index is 1820. The Morgan fingerprint density at radius 1 is 0.487 bits per heavy atom. The summed E-state index contributed by atoms with van der Waals surface area (Å²) < 4.78 is 43.9. The zero-order valence-electron chi connectivity index (χ0n) is 45.7. The van der Waals surface area contributed by atoms with Gasteiger partial charge in [-0.2, -0.15) is 0 Å². The normalized spacial score (nSPS) is 22.3. The quantitative estimate of drug-likeness (QED) is 0.0214. The van der Waals surface area contributed by atoms with Crippen molar-refractivity contribution in [2.45, 2.75) is 192 Å². The molecule has 0 spiro atoms. The molecule has 2 aromatic rings. The minimum Gasteiger partial charge on any atom is -0.463 e. The number of ether oxygens (including phenoxy) is 8. The third kappa shape index (κ3) is 26.5. The predicted octanol–water partition coefficient (Wildman–Crippen LogP) is 9.74. The lowest BCUT2D eigenvalue weighted by Crippen LogP contribution is -2.26. The van der Waals surface area contributed by atoms with Gasteiger partial charge >= 0.3 is 24.2 Å². The van der Waals surface area contributed by atoms with Crippen molar-refractivity contribution in [1.29, 1.82) is 0 Å². The fraction of sp³-hybridized carbons (Fsp3) is 0.667. The van der Waals surface area contributed by atoms with Crippen LogP contribution in [-0.2, 0) is 60.3 Å². The van der Waals surface area contributed by atoms with E-state index in [0.717, 1.165) is 11.1 Å². The molecule has 0 bridgehead atoms. The van der Waals surface area contributed by atoms with Crippen molar-refractivity contribution in [1.82, 2.24) is 0 Å². The van der Waals surface area contributed by atoms with E-state index >= 15 is 0 Å². The molecule has 76 heavy (non-hydrogen) atoms. The summed E-state index contributed by atoms with van der Waals surface area (Å²) in [5, 5.41) is 43.5. The molecule has 4 N–H and O–H groups in total. The van der Waals surface area contributed by atoms with E-state index in [9.17, 15) is 39.6 Å². The van der Waals surface area contributed by atoms with E-state index in [-0.39, 0.29) is 87.5 Å². The third-order valence-corrected chi connectivity index (χ3v) is 14.1. The van der Waals surface area contributed by atoms with Crippen LogP contribution in [0.25, 0.3) is 0 Å². The lowest BCUT2D eigenvalue weighted by molar-refractivity contribution is -0.148. The summed E-state index contributed by atoms with van der Waals surface area (Å²) in [7, 11) is 0. The van der Waals surface area contributed by atoms with Crippen LogP contribution in [0.15, 0.2) is 85.0 Å².